The maximum absolute atomic E-state index is 11.8. The Bertz CT molecular complexity index is 527. The summed E-state index contributed by atoms with van der Waals surface area (Å²) in [7, 11) is 0. The first-order valence-electron chi connectivity index (χ1n) is 5.65. The van der Waals surface area contributed by atoms with Gasteiger partial charge in [0.1, 0.15) is 6.04 Å². The number of carbonyl (C=O) groups excluding carboxylic acids is 1. The first-order chi connectivity index (χ1) is 8.85. The van der Waals surface area contributed by atoms with Gasteiger partial charge >= 0.3 is 5.97 Å². The number of nitro benzene ring substituents is 1. The van der Waals surface area contributed by atoms with E-state index in [1.807, 2.05) is 0 Å². The molecule has 0 radical (unpaired) electrons. The first-order valence-corrected chi connectivity index (χ1v) is 5.65. The molecular formula is C12H14N2O5. The molecule has 1 atom stereocenters. The Morgan fingerprint density at radius 2 is 2.05 bits per heavy atom. The number of nitrogens with zero attached hydrogens (tertiary/aromatic N) is 1. The summed E-state index contributed by atoms with van der Waals surface area (Å²) in [5.74, 6) is -1.78. The van der Waals surface area contributed by atoms with Crippen LogP contribution in [0.5, 0.6) is 0 Å². The van der Waals surface area contributed by atoms with Crippen molar-refractivity contribution in [2.75, 3.05) is 0 Å². The van der Waals surface area contributed by atoms with Crippen molar-refractivity contribution in [2.45, 2.75) is 26.3 Å². The van der Waals surface area contributed by atoms with Crippen LogP contribution in [0.4, 0.5) is 5.69 Å². The van der Waals surface area contributed by atoms with Crippen LogP contribution < -0.4 is 5.32 Å². The lowest BCUT2D eigenvalue weighted by atomic mass is 10.1. The lowest BCUT2D eigenvalue weighted by molar-refractivity contribution is -0.384. The second-order valence-corrected chi connectivity index (χ2v) is 4.09. The normalized spacial score (nSPS) is 11.7. The molecule has 0 unspecified atom stereocenters. The second kappa shape index (κ2) is 5.94. The molecule has 2 N–H and O–H groups in total. The molecule has 1 aromatic carbocycles. The van der Waals surface area contributed by atoms with Crippen LogP contribution in [0.15, 0.2) is 18.2 Å². The van der Waals surface area contributed by atoms with Gasteiger partial charge in [-0.05, 0) is 25.0 Å². The number of hydrogen-bond donors (Lipinski definition) is 2. The average Bonchev–Trinajstić information content (AvgIpc) is 2.34. The highest BCUT2D eigenvalue weighted by Crippen LogP contribution is 2.16. The molecule has 0 aliphatic carbocycles. The molecule has 102 valence electrons. The van der Waals surface area contributed by atoms with E-state index in [4.69, 9.17) is 5.11 Å². The summed E-state index contributed by atoms with van der Waals surface area (Å²) in [5, 5.41) is 21.9. The van der Waals surface area contributed by atoms with Gasteiger partial charge < -0.3 is 10.4 Å². The monoisotopic (exact) mass is 266 g/mol. The summed E-state index contributed by atoms with van der Waals surface area (Å²) >= 11 is 0. The summed E-state index contributed by atoms with van der Waals surface area (Å²) in [6, 6.07) is 2.92. The summed E-state index contributed by atoms with van der Waals surface area (Å²) in [4.78, 5) is 32.8. The van der Waals surface area contributed by atoms with Crippen molar-refractivity contribution in [1.82, 2.24) is 5.32 Å². The molecule has 0 spiro atoms. The maximum atomic E-state index is 11.8. The van der Waals surface area contributed by atoms with E-state index in [-0.39, 0.29) is 17.7 Å². The number of carbonyl (C=O) groups is 2. The molecule has 0 aliphatic heterocycles. The highest BCUT2D eigenvalue weighted by atomic mass is 16.6. The zero-order valence-electron chi connectivity index (χ0n) is 10.5. The minimum Gasteiger partial charge on any atom is -0.480 e. The smallest absolute Gasteiger partial charge is 0.326 e. The van der Waals surface area contributed by atoms with Crippen molar-refractivity contribution in [3.8, 4) is 0 Å². The van der Waals surface area contributed by atoms with E-state index in [0.717, 1.165) is 6.07 Å². The van der Waals surface area contributed by atoms with Gasteiger partial charge in [-0.25, -0.2) is 4.79 Å². The van der Waals surface area contributed by atoms with Crippen LogP contribution in [0.25, 0.3) is 0 Å². The summed E-state index contributed by atoms with van der Waals surface area (Å²) < 4.78 is 0. The van der Waals surface area contributed by atoms with Crippen LogP contribution >= 0.6 is 0 Å². The van der Waals surface area contributed by atoms with Gasteiger partial charge in [0.2, 0.25) is 0 Å². The number of benzene rings is 1. The summed E-state index contributed by atoms with van der Waals surface area (Å²) in [6.45, 7) is 3.25. The third-order valence-corrected chi connectivity index (χ3v) is 2.55. The lowest BCUT2D eigenvalue weighted by Gasteiger charge is -2.12. The molecule has 1 amide bonds. The maximum Gasteiger partial charge on any atom is 0.326 e. The molecule has 0 saturated carbocycles. The molecule has 0 bridgehead atoms. The third-order valence-electron chi connectivity index (χ3n) is 2.55. The Morgan fingerprint density at radius 3 is 2.53 bits per heavy atom. The predicted octanol–water partition coefficient (Wildman–Crippen LogP) is 1.50. The molecule has 7 nitrogen and oxygen atoms in total. The number of carboxylic acids is 1. The van der Waals surface area contributed by atoms with Crippen LogP contribution in [-0.4, -0.2) is 27.9 Å². The van der Waals surface area contributed by atoms with Crippen LogP contribution in [0, 0.1) is 17.0 Å². The molecule has 0 aliphatic rings. The van der Waals surface area contributed by atoms with Gasteiger partial charge in [0.05, 0.1) is 4.92 Å². The van der Waals surface area contributed by atoms with E-state index in [1.54, 1.807) is 13.8 Å². The van der Waals surface area contributed by atoms with Crippen LogP contribution in [0.3, 0.4) is 0 Å². The van der Waals surface area contributed by atoms with E-state index < -0.39 is 22.8 Å². The SMILES string of the molecule is CC[C@H](NC(=O)c1cc(C)cc([N+](=O)[O-])c1)C(=O)O. The zero-order valence-corrected chi connectivity index (χ0v) is 10.5. The van der Waals surface area contributed by atoms with Gasteiger partial charge in [0.15, 0.2) is 0 Å². The lowest BCUT2D eigenvalue weighted by Crippen LogP contribution is -2.40. The first kappa shape index (κ1) is 14.6. The summed E-state index contributed by atoms with van der Waals surface area (Å²) in [5.41, 5.74) is 0.433. The highest BCUT2D eigenvalue weighted by molar-refractivity contribution is 5.97. The number of carboxylic acid groups (broad SMARTS) is 1. The fourth-order valence-electron chi connectivity index (χ4n) is 1.58. The summed E-state index contributed by atoms with van der Waals surface area (Å²) in [6.07, 6.45) is 0.231. The van der Waals surface area contributed by atoms with Crippen LogP contribution in [0.1, 0.15) is 29.3 Å². The fraction of sp³-hybridized carbons (Fsp3) is 0.333. The largest absolute Gasteiger partial charge is 0.480 e. The second-order valence-electron chi connectivity index (χ2n) is 4.09. The van der Waals surface area contributed by atoms with E-state index in [9.17, 15) is 19.7 Å². The van der Waals surface area contributed by atoms with Crippen LogP contribution in [-0.2, 0) is 4.79 Å². The van der Waals surface area contributed by atoms with Gasteiger partial charge in [-0.3, -0.25) is 14.9 Å². The highest BCUT2D eigenvalue weighted by Gasteiger charge is 2.20. The zero-order chi connectivity index (χ0) is 14.6. The van der Waals surface area contributed by atoms with E-state index >= 15 is 0 Å². The molecule has 0 heterocycles. The van der Waals surface area contributed by atoms with Gasteiger partial charge in [0.25, 0.3) is 11.6 Å². The Balaban J connectivity index is 2.99. The number of aliphatic carboxylic acids is 1. The molecule has 0 saturated heterocycles. The van der Waals surface area contributed by atoms with Gasteiger partial charge in [-0.1, -0.05) is 6.92 Å². The van der Waals surface area contributed by atoms with Gasteiger partial charge in [-0.15, -0.1) is 0 Å². The number of nitrogens with one attached hydrogen (secondary N) is 1. The minimum atomic E-state index is -1.14. The quantitative estimate of drug-likeness (QED) is 0.619. The fourth-order valence-corrected chi connectivity index (χ4v) is 1.58. The predicted molar refractivity (Wildman–Crippen MR) is 67.0 cm³/mol. The number of aryl methyl sites for hydroxylation is 1. The molecule has 1 aromatic rings. The van der Waals surface area contributed by atoms with Crippen molar-refractivity contribution in [1.29, 1.82) is 0 Å². The van der Waals surface area contributed by atoms with Gasteiger partial charge in [-0.2, -0.15) is 0 Å². The van der Waals surface area contributed by atoms with Crippen molar-refractivity contribution in [2.24, 2.45) is 0 Å². The molecular weight excluding hydrogens is 252 g/mol. The minimum absolute atomic E-state index is 0.0754. The molecule has 7 heteroatoms. The Hall–Kier alpha value is -2.44. The van der Waals surface area contributed by atoms with Gasteiger partial charge in [0, 0.05) is 17.7 Å². The Labute approximate surface area is 109 Å². The molecule has 1 rings (SSSR count). The number of rotatable bonds is 5. The van der Waals surface area contributed by atoms with E-state index in [0.29, 0.717) is 5.56 Å². The number of hydrogen-bond acceptors (Lipinski definition) is 4. The molecule has 0 aromatic heterocycles. The van der Waals surface area contributed by atoms with E-state index in [2.05, 4.69) is 5.32 Å². The van der Waals surface area contributed by atoms with Crippen molar-refractivity contribution >= 4 is 17.6 Å². The standard InChI is InChI=1S/C12H14N2O5/c1-3-10(12(16)17)13-11(15)8-4-7(2)5-9(6-8)14(18)19/h4-6,10H,3H2,1-2H3,(H,13,15)(H,16,17)/t10-/m0/s1. The van der Waals surface area contributed by atoms with Crippen molar-refractivity contribution in [3.05, 3.63) is 39.4 Å². The van der Waals surface area contributed by atoms with Crippen molar-refractivity contribution < 1.29 is 19.6 Å². The molecule has 19 heavy (non-hydrogen) atoms. The Morgan fingerprint density at radius 1 is 1.42 bits per heavy atom. The number of nitro groups is 1. The Kier molecular flexibility index (Phi) is 4.57. The average molecular weight is 266 g/mol. The van der Waals surface area contributed by atoms with Crippen molar-refractivity contribution in [3.63, 3.8) is 0 Å². The number of amides is 1. The van der Waals surface area contributed by atoms with Crippen LogP contribution in [0.2, 0.25) is 0 Å². The van der Waals surface area contributed by atoms with E-state index in [1.165, 1.54) is 12.1 Å². The topological polar surface area (TPSA) is 110 Å². The third kappa shape index (κ3) is 3.77. The molecule has 0 fully saturated rings. The number of non-ortho nitro benzene ring substituents is 1.